The van der Waals surface area contributed by atoms with Crippen LogP contribution in [0.5, 0.6) is 0 Å². The van der Waals surface area contributed by atoms with E-state index in [1.807, 2.05) is 36.4 Å². The number of nitrogen functional groups attached to an aromatic ring is 1. The highest BCUT2D eigenvalue weighted by molar-refractivity contribution is 6.01. The molecule has 1 aromatic carbocycles. The average molecular weight is 305 g/mol. The molecule has 5 nitrogen and oxygen atoms in total. The molecule has 0 saturated carbocycles. The van der Waals surface area contributed by atoms with E-state index in [-0.39, 0.29) is 0 Å². The van der Waals surface area contributed by atoms with Gasteiger partial charge in [0, 0.05) is 18.7 Å². The van der Waals surface area contributed by atoms with Crippen molar-refractivity contribution in [2.24, 2.45) is 0 Å². The molecule has 0 radical (unpaired) electrons. The summed E-state index contributed by atoms with van der Waals surface area (Å²) in [5, 5.41) is 7.86. The van der Waals surface area contributed by atoms with Gasteiger partial charge in [0.2, 0.25) is 0 Å². The summed E-state index contributed by atoms with van der Waals surface area (Å²) in [6, 6.07) is 12.1. The summed E-state index contributed by atoms with van der Waals surface area (Å²) in [4.78, 5) is 6.74. The van der Waals surface area contributed by atoms with E-state index in [0.29, 0.717) is 24.6 Å². The topological polar surface area (TPSA) is 70.8 Å². The molecule has 5 heteroatoms. The lowest BCUT2D eigenvalue weighted by Crippen LogP contribution is -2.24. The minimum atomic E-state index is 0.455. The van der Waals surface area contributed by atoms with Crippen LogP contribution in [-0.2, 0) is 0 Å². The van der Waals surface area contributed by atoms with Crippen molar-refractivity contribution in [2.45, 2.75) is 0 Å². The Balaban J connectivity index is 2.22. The molecule has 0 aliphatic rings. The van der Waals surface area contributed by atoms with Gasteiger partial charge in [-0.2, -0.15) is 5.10 Å². The van der Waals surface area contributed by atoms with E-state index < -0.39 is 0 Å². The number of anilines is 2. The SMILES string of the molecule is C=CCN(CC=C)c1cc(-c2ccccc2)c2c(N)n[nH]c2n1. The first-order valence-corrected chi connectivity index (χ1v) is 7.41. The molecule has 3 rings (SSSR count). The normalized spacial score (nSPS) is 10.6. The summed E-state index contributed by atoms with van der Waals surface area (Å²) >= 11 is 0. The van der Waals surface area contributed by atoms with E-state index in [1.54, 1.807) is 0 Å². The highest BCUT2D eigenvalue weighted by Crippen LogP contribution is 2.33. The summed E-state index contributed by atoms with van der Waals surface area (Å²) in [7, 11) is 0. The van der Waals surface area contributed by atoms with Crippen molar-refractivity contribution in [3.8, 4) is 11.1 Å². The van der Waals surface area contributed by atoms with Gasteiger partial charge in [0.15, 0.2) is 11.5 Å². The van der Waals surface area contributed by atoms with Crippen LogP contribution in [0.15, 0.2) is 61.7 Å². The van der Waals surface area contributed by atoms with Crippen molar-refractivity contribution < 1.29 is 0 Å². The molecule has 0 saturated heterocycles. The lowest BCUT2D eigenvalue weighted by atomic mass is 10.0. The minimum Gasteiger partial charge on any atom is -0.382 e. The Hall–Kier alpha value is -3.08. The van der Waals surface area contributed by atoms with Gasteiger partial charge in [0.25, 0.3) is 0 Å². The van der Waals surface area contributed by atoms with Gasteiger partial charge in [-0.25, -0.2) is 4.98 Å². The lowest BCUT2D eigenvalue weighted by molar-refractivity contribution is 0.929. The van der Waals surface area contributed by atoms with Crippen molar-refractivity contribution in [1.82, 2.24) is 15.2 Å². The number of aromatic nitrogens is 3. The molecule has 3 N–H and O–H groups in total. The third kappa shape index (κ3) is 2.81. The quantitative estimate of drug-likeness (QED) is 0.685. The number of nitrogens with two attached hydrogens (primary N) is 1. The van der Waals surface area contributed by atoms with E-state index in [4.69, 9.17) is 5.73 Å². The standard InChI is InChI=1S/C18H19N5/c1-3-10-23(11-4-2)15-12-14(13-8-6-5-7-9-13)16-17(19)21-22-18(16)20-15/h3-9,12H,1-2,10-11H2,(H3,19,20,21,22). The average Bonchev–Trinajstić information content (AvgIpc) is 2.96. The summed E-state index contributed by atoms with van der Waals surface area (Å²) in [5.41, 5.74) is 8.79. The van der Waals surface area contributed by atoms with Crippen molar-refractivity contribution in [3.63, 3.8) is 0 Å². The fraction of sp³-hybridized carbons (Fsp3) is 0.111. The molecule has 0 amide bonds. The van der Waals surface area contributed by atoms with Crippen LogP contribution in [0, 0.1) is 0 Å². The van der Waals surface area contributed by atoms with Crippen LogP contribution in [0.1, 0.15) is 0 Å². The predicted octanol–water partition coefficient (Wildman–Crippen LogP) is 3.39. The highest BCUT2D eigenvalue weighted by Gasteiger charge is 2.15. The molecule has 23 heavy (non-hydrogen) atoms. The Morgan fingerprint density at radius 3 is 2.48 bits per heavy atom. The van der Waals surface area contributed by atoms with E-state index in [1.165, 1.54) is 0 Å². The van der Waals surface area contributed by atoms with Crippen LogP contribution < -0.4 is 10.6 Å². The molecule has 0 atom stereocenters. The molecular formula is C18H19N5. The molecule has 0 bridgehead atoms. The number of hydrogen-bond donors (Lipinski definition) is 2. The lowest BCUT2D eigenvalue weighted by Gasteiger charge is -2.21. The second-order valence-corrected chi connectivity index (χ2v) is 5.21. The van der Waals surface area contributed by atoms with Crippen LogP contribution in [-0.4, -0.2) is 28.3 Å². The van der Waals surface area contributed by atoms with Crippen molar-refractivity contribution in [2.75, 3.05) is 23.7 Å². The van der Waals surface area contributed by atoms with Crippen LogP contribution in [0.2, 0.25) is 0 Å². The van der Waals surface area contributed by atoms with E-state index in [9.17, 15) is 0 Å². The smallest absolute Gasteiger partial charge is 0.160 e. The zero-order valence-corrected chi connectivity index (χ0v) is 12.9. The number of aromatic amines is 1. The fourth-order valence-electron chi connectivity index (χ4n) is 2.62. The number of H-pyrrole nitrogens is 1. The number of benzene rings is 1. The Bertz CT molecular complexity index is 825. The van der Waals surface area contributed by atoms with Crippen molar-refractivity contribution in [3.05, 3.63) is 61.7 Å². The second-order valence-electron chi connectivity index (χ2n) is 5.21. The summed E-state index contributed by atoms with van der Waals surface area (Å²) in [6.07, 6.45) is 3.69. The van der Waals surface area contributed by atoms with Crippen LogP contribution in [0.25, 0.3) is 22.2 Å². The van der Waals surface area contributed by atoms with Gasteiger partial charge in [-0.3, -0.25) is 5.10 Å². The number of nitrogens with one attached hydrogen (secondary N) is 1. The maximum absolute atomic E-state index is 6.03. The number of rotatable bonds is 6. The molecule has 0 unspecified atom stereocenters. The Morgan fingerprint density at radius 1 is 1.13 bits per heavy atom. The van der Waals surface area contributed by atoms with Gasteiger partial charge in [-0.05, 0) is 11.6 Å². The monoisotopic (exact) mass is 305 g/mol. The zero-order valence-electron chi connectivity index (χ0n) is 12.9. The molecule has 116 valence electrons. The first-order valence-electron chi connectivity index (χ1n) is 7.41. The molecule has 0 aliphatic heterocycles. The van der Waals surface area contributed by atoms with Crippen LogP contribution in [0.3, 0.4) is 0 Å². The molecule has 0 spiro atoms. The van der Waals surface area contributed by atoms with Gasteiger partial charge in [-0.15, -0.1) is 13.2 Å². The van der Waals surface area contributed by atoms with Crippen LogP contribution >= 0.6 is 0 Å². The second kappa shape index (κ2) is 6.36. The predicted molar refractivity (Wildman–Crippen MR) is 96.3 cm³/mol. The van der Waals surface area contributed by atoms with Crippen molar-refractivity contribution >= 4 is 22.7 Å². The highest BCUT2D eigenvalue weighted by atomic mass is 15.2. The van der Waals surface area contributed by atoms with Crippen LogP contribution in [0.4, 0.5) is 11.6 Å². The zero-order chi connectivity index (χ0) is 16.2. The van der Waals surface area contributed by atoms with Gasteiger partial charge >= 0.3 is 0 Å². The van der Waals surface area contributed by atoms with Gasteiger partial charge in [0.05, 0.1) is 5.39 Å². The van der Waals surface area contributed by atoms with E-state index in [2.05, 4.69) is 45.4 Å². The Labute approximate surface area is 135 Å². The van der Waals surface area contributed by atoms with Gasteiger partial charge < -0.3 is 10.6 Å². The largest absolute Gasteiger partial charge is 0.382 e. The first kappa shape index (κ1) is 14.8. The summed E-state index contributed by atoms with van der Waals surface area (Å²) < 4.78 is 0. The third-order valence-corrected chi connectivity index (χ3v) is 3.65. The molecule has 0 aliphatic carbocycles. The molecule has 0 fully saturated rings. The maximum atomic E-state index is 6.03. The number of fused-ring (bicyclic) bond motifs is 1. The Morgan fingerprint density at radius 2 is 1.83 bits per heavy atom. The first-order chi connectivity index (χ1) is 11.2. The fourth-order valence-corrected chi connectivity index (χ4v) is 2.62. The maximum Gasteiger partial charge on any atom is 0.160 e. The minimum absolute atomic E-state index is 0.455. The third-order valence-electron chi connectivity index (χ3n) is 3.65. The number of nitrogens with zero attached hydrogens (tertiary/aromatic N) is 3. The summed E-state index contributed by atoms with van der Waals surface area (Å²) in [6.45, 7) is 8.99. The van der Waals surface area contributed by atoms with Gasteiger partial charge in [0.1, 0.15) is 5.82 Å². The molecule has 2 heterocycles. The van der Waals surface area contributed by atoms with Gasteiger partial charge in [-0.1, -0.05) is 42.5 Å². The number of hydrogen-bond acceptors (Lipinski definition) is 4. The Kier molecular flexibility index (Phi) is 4.10. The molecule has 2 aromatic heterocycles. The number of pyridine rings is 1. The van der Waals surface area contributed by atoms with E-state index >= 15 is 0 Å². The van der Waals surface area contributed by atoms with E-state index in [0.717, 1.165) is 22.3 Å². The van der Waals surface area contributed by atoms with Crippen molar-refractivity contribution in [1.29, 1.82) is 0 Å². The summed E-state index contributed by atoms with van der Waals surface area (Å²) in [5.74, 6) is 1.29. The molecule has 3 aromatic rings. The molecular weight excluding hydrogens is 286 g/mol.